The van der Waals surface area contributed by atoms with Crippen LogP contribution >= 0.6 is 0 Å². The SMILES string of the molecule is OC1CCCCCC1NCc1ccc2ccccc2n1. The molecular weight excluding hydrogens is 248 g/mol. The molecule has 1 saturated carbocycles. The number of aliphatic hydroxyl groups is 1. The van der Waals surface area contributed by atoms with Gasteiger partial charge in [-0.2, -0.15) is 0 Å². The van der Waals surface area contributed by atoms with Crippen LogP contribution in [0.15, 0.2) is 36.4 Å². The summed E-state index contributed by atoms with van der Waals surface area (Å²) in [6.45, 7) is 0.729. The largest absolute Gasteiger partial charge is 0.392 e. The first-order chi connectivity index (χ1) is 9.83. The average Bonchev–Trinajstić information content (AvgIpc) is 2.69. The Labute approximate surface area is 120 Å². The van der Waals surface area contributed by atoms with Crippen molar-refractivity contribution in [2.24, 2.45) is 0 Å². The topological polar surface area (TPSA) is 45.1 Å². The summed E-state index contributed by atoms with van der Waals surface area (Å²) in [6, 6.07) is 12.6. The molecule has 2 N–H and O–H groups in total. The molecule has 1 fully saturated rings. The van der Waals surface area contributed by atoms with Crippen molar-refractivity contribution in [2.45, 2.75) is 50.8 Å². The van der Waals surface area contributed by atoms with Crippen molar-refractivity contribution in [1.29, 1.82) is 0 Å². The minimum Gasteiger partial charge on any atom is -0.392 e. The Kier molecular flexibility index (Phi) is 4.28. The van der Waals surface area contributed by atoms with E-state index in [-0.39, 0.29) is 12.1 Å². The Balaban J connectivity index is 1.66. The van der Waals surface area contributed by atoms with Crippen LogP contribution in [0.4, 0.5) is 0 Å². The summed E-state index contributed by atoms with van der Waals surface area (Å²) in [5.74, 6) is 0. The first kappa shape index (κ1) is 13.5. The number of hydrogen-bond donors (Lipinski definition) is 2. The number of rotatable bonds is 3. The van der Waals surface area contributed by atoms with Crippen molar-refractivity contribution in [3.05, 3.63) is 42.1 Å². The third kappa shape index (κ3) is 3.17. The number of benzene rings is 1. The van der Waals surface area contributed by atoms with Gasteiger partial charge in [0.25, 0.3) is 0 Å². The monoisotopic (exact) mass is 270 g/mol. The third-order valence-corrected chi connectivity index (χ3v) is 4.18. The molecule has 3 nitrogen and oxygen atoms in total. The van der Waals surface area contributed by atoms with Gasteiger partial charge in [0.2, 0.25) is 0 Å². The molecule has 0 amide bonds. The maximum absolute atomic E-state index is 10.1. The average molecular weight is 270 g/mol. The van der Waals surface area contributed by atoms with E-state index < -0.39 is 0 Å². The molecule has 1 aromatic heterocycles. The van der Waals surface area contributed by atoms with Crippen LogP contribution in [0.3, 0.4) is 0 Å². The van der Waals surface area contributed by atoms with Crippen LogP contribution in [0.25, 0.3) is 10.9 Å². The van der Waals surface area contributed by atoms with E-state index >= 15 is 0 Å². The van der Waals surface area contributed by atoms with Crippen molar-refractivity contribution < 1.29 is 5.11 Å². The molecule has 1 heterocycles. The molecule has 1 aromatic carbocycles. The second-order valence-electron chi connectivity index (χ2n) is 5.69. The van der Waals surface area contributed by atoms with Crippen LogP contribution in [-0.2, 0) is 6.54 Å². The molecule has 3 heteroatoms. The molecule has 0 saturated heterocycles. The Morgan fingerprint density at radius 2 is 1.90 bits per heavy atom. The van der Waals surface area contributed by atoms with Gasteiger partial charge in [-0.05, 0) is 25.0 Å². The summed E-state index contributed by atoms with van der Waals surface area (Å²) in [5, 5.41) is 14.8. The van der Waals surface area contributed by atoms with E-state index in [0.717, 1.165) is 37.0 Å². The summed E-state index contributed by atoms with van der Waals surface area (Å²) in [6.07, 6.45) is 5.37. The van der Waals surface area contributed by atoms with Crippen LogP contribution in [-0.4, -0.2) is 22.2 Å². The highest BCUT2D eigenvalue weighted by Gasteiger charge is 2.20. The summed E-state index contributed by atoms with van der Waals surface area (Å²) in [7, 11) is 0. The molecule has 106 valence electrons. The van der Waals surface area contributed by atoms with Gasteiger partial charge in [-0.3, -0.25) is 4.98 Å². The smallest absolute Gasteiger partial charge is 0.0705 e. The first-order valence-electron chi connectivity index (χ1n) is 7.59. The van der Waals surface area contributed by atoms with Gasteiger partial charge >= 0.3 is 0 Å². The minimum atomic E-state index is -0.210. The number of fused-ring (bicyclic) bond motifs is 1. The highest BCUT2D eigenvalue weighted by Crippen LogP contribution is 2.18. The zero-order valence-electron chi connectivity index (χ0n) is 11.8. The van der Waals surface area contributed by atoms with E-state index in [9.17, 15) is 5.11 Å². The summed E-state index contributed by atoms with van der Waals surface area (Å²) < 4.78 is 0. The Hall–Kier alpha value is -1.45. The van der Waals surface area contributed by atoms with Gasteiger partial charge in [0.05, 0.1) is 17.3 Å². The molecule has 20 heavy (non-hydrogen) atoms. The van der Waals surface area contributed by atoms with Crippen LogP contribution in [0.1, 0.15) is 37.8 Å². The number of para-hydroxylation sites is 1. The summed E-state index contributed by atoms with van der Waals surface area (Å²) in [5.41, 5.74) is 2.08. The highest BCUT2D eigenvalue weighted by atomic mass is 16.3. The van der Waals surface area contributed by atoms with Crippen LogP contribution in [0.5, 0.6) is 0 Å². The quantitative estimate of drug-likeness (QED) is 0.843. The molecule has 1 aliphatic rings. The molecule has 1 aliphatic carbocycles. The second kappa shape index (κ2) is 6.33. The second-order valence-corrected chi connectivity index (χ2v) is 5.69. The zero-order valence-corrected chi connectivity index (χ0v) is 11.8. The number of nitrogens with zero attached hydrogens (tertiary/aromatic N) is 1. The third-order valence-electron chi connectivity index (χ3n) is 4.18. The lowest BCUT2D eigenvalue weighted by atomic mass is 10.1. The Morgan fingerprint density at radius 1 is 1.05 bits per heavy atom. The minimum absolute atomic E-state index is 0.210. The van der Waals surface area contributed by atoms with E-state index in [2.05, 4.69) is 28.5 Å². The van der Waals surface area contributed by atoms with Crippen molar-refractivity contribution in [3.63, 3.8) is 0 Å². The van der Waals surface area contributed by atoms with Crippen molar-refractivity contribution in [2.75, 3.05) is 0 Å². The van der Waals surface area contributed by atoms with Gasteiger partial charge in [0.15, 0.2) is 0 Å². The van der Waals surface area contributed by atoms with Crippen molar-refractivity contribution >= 4 is 10.9 Å². The highest BCUT2D eigenvalue weighted by molar-refractivity contribution is 5.78. The van der Waals surface area contributed by atoms with Gasteiger partial charge in [0, 0.05) is 18.0 Å². The van der Waals surface area contributed by atoms with E-state index in [1.807, 2.05) is 18.2 Å². The van der Waals surface area contributed by atoms with E-state index in [1.165, 1.54) is 18.2 Å². The van der Waals surface area contributed by atoms with Crippen molar-refractivity contribution in [3.8, 4) is 0 Å². The first-order valence-corrected chi connectivity index (χ1v) is 7.59. The lowest BCUT2D eigenvalue weighted by Gasteiger charge is -2.21. The molecule has 0 aliphatic heterocycles. The summed E-state index contributed by atoms with van der Waals surface area (Å²) >= 11 is 0. The summed E-state index contributed by atoms with van der Waals surface area (Å²) in [4.78, 5) is 4.66. The maximum Gasteiger partial charge on any atom is 0.0705 e. The van der Waals surface area contributed by atoms with Gasteiger partial charge in [0.1, 0.15) is 0 Å². The van der Waals surface area contributed by atoms with Crippen molar-refractivity contribution in [1.82, 2.24) is 10.3 Å². The van der Waals surface area contributed by atoms with Crippen LogP contribution in [0.2, 0.25) is 0 Å². The molecule has 2 unspecified atom stereocenters. The number of aliphatic hydroxyl groups excluding tert-OH is 1. The number of hydrogen-bond acceptors (Lipinski definition) is 3. The lowest BCUT2D eigenvalue weighted by molar-refractivity contribution is 0.119. The fraction of sp³-hybridized carbons (Fsp3) is 0.471. The van der Waals surface area contributed by atoms with E-state index in [1.54, 1.807) is 0 Å². The molecule has 0 radical (unpaired) electrons. The van der Waals surface area contributed by atoms with Crippen LogP contribution < -0.4 is 5.32 Å². The zero-order chi connectivity index (χ0) is 13.8. The molecule has 0 spiro atoms. The molecule has 3 rings (SSSR count). The number of pyridine rings is 1. The lowest BCUT2D eigenvalue weighted by Crippen LogP contribution is -2.38. The molecular formula is C17H22N2O. The Bertz CT molecular complexity index is 570. The fourth-order valence-corrected chi connectivity index (χ4v) is 2.97. The standard InChI is InChI=1S/C17H22N2O/c20-17-9-3-1-2-8-16(17)18-12-14-11-10-13-6-4-5-7-15(13)19-14/h4-7,10-11,16-18,20H,1-3,8-9,12H2. The number of nitrogens with one attached hydrogen (secondary N) is 1. The predicted octanol–water partition coefficient (Wildman–Crippen LogP) is 3.02. The van der Waals surface area contributed by atoms with Crippen LogP contribution in [0, 0.1) is 0 Å². The predicted molar refractivity (Wildman–Crippen MR) is 81.5 cm³/mol. The molecule has 0 bridgehead atoms. The number of aromatic nitrogens is 1. The van der Waals surface area contributed by atoms with Gasteiger partial charge in [-0.25, -0.2) is 0 Å². The van der Waals surface area contributed by atoms with Gasteiger partial charge < -0.3 is 10.4 Å². The van der Waals surface area contributed by atoms with Gasteiger partial charge in [-0.15, -0.1) is 0 Å². The maximum atomic E-state index is 10.1. The molecule has 2 aromatic rings. The fourth-order valence-electron chi connectivity index (χ4n) is 2.97. The molecule has 2 atom stereocenters. The Morgan fingerprint density at radius 3 is 2.85 bits per heavy atom. The van der Waals surface area contributed by atoms with E-state index in [0.29, 0.717) is 0 Å². The van der Waals surface area contributed by atoms with E-state index in [4.69, 9.17) is 0 Å². The van der Waals surface area contributed by atoms with Gasteiger partial charge in [-0.1, -0.05) is 43.5 Å². The normalized spacial score (nSPS) is 23.6.